The summed E-state index contributed by atoms with van der Waals surface area (Å²) < 4.78 is 2.95. The van der Waals surface area contributed by atoms with Gasteiger partial charge in [-0.15, -0.1) is 0 Å². The quantitative estimate of drug-likeness (QED) is 0.447. The molecule has 0 unspecified atom stereocenters. The Morgan fingerprint density at radius 3 is 2.24 bits per heavy atom. The van der Waals surface area contributed by atoms with Crippen LogP contribution >= 0.6 is 45.5 Å². The Labute approximate surface area is 148 Å². The Bertz CT molecular complexity index is 751. The fourth-order valence-electron chi connectivity index (χ4n) is 2.17. The van der Waals surface area contributed by atoms with Gasteiger partial charge in [0.1, 0.15) is 0 Å². The second-order valence-electron chi connectivity index (χ2n) is 4.50. The van der Waals surface area contributed by atoms with Crippen molar-refractivity contribution in [2.45, 2.75) is 0 Å². The first-order chi connectivity index (χ1) is 10.0. The number of halogens is 4. The van der Waals surface area contributed by atoms with Gasteiger partial charge in [0.05, 0.1) is 0 Å². The van der Waals surface area contributed by atoms with Crippen molar-refractivity contribution in [3.63, 3.8) is 0 Å². The molecule has 0 atom stereocenters. The molecule has 1 aliphatic heterocycles. The monoisotopic (exact) mass is 516 g/mol. The molecule has 1 heterocycles. The van der Waals surface area contributed by atoms with Gasteiger partial charge in [0.2, 0.25) is 0 Å². The van der Waals surface area contributed by atoms with Crippen LogP contribution in [0.15, 0.2) is 64.3 Å². The topological polar surface area (TPSA) is 0 Å². The third-order valence-corrected chi connectivity index (χ3v) is 14.7. The molecule has 0 saturated heterocycles. The van der Waals surface area contributed by atoms with E-state index in [2.05, 4.69) is 15.9 Å². The van der Waals surface area contributed by atoms with E-state index in [1.807, 2.05) is 60.7 Å². The second kappa shape index (κ2) is 6.28. The molecule has 3 rings (SSSR count). The molecule has 21 heavy (non-hydrogen) atoms. The Morgan fingerprint density at radius 1 is 0.952 bits per heavy atom. The van der Waals surface area contributed by atoms with Crippen LogP contribution in [-0.2, 0) is 0 Å². The molecule has 2 aromatic carbocycles. The van der Waals surface area contributed by atoms with E-state index in [-0.39, 0.29) is 0 Å². The molecule has 0 aromatic heterocycles. The van der Waals surface area contributed by atoms with Crippen LogP contribution < -0.4 is 3.61 Å². The molecule has 0 spiro atoms. The van der Waals surface area contributed by atoms with E-state index in [4.69, 9.17) is 29.5 Å². The number of fused-ring (bicyclic) bond motifs is 1. The van der Waals surface area contributed by atoms with Crippen molar-refractivity contribution in [3.05, 3.63) is 75.4 Å². The van der Waals surface area contributed by atoms with Crippen molar-refractivity contribution < 1.29 is 0 Å². The van der Waals surface area contributed by atoms with Crippen molar-refractivity contribution in [1.29, 1.82) is 0 Å². The number of hydrogen-bond donors (Lipinski definition) is 0. The van der Waals surface area contributed by atoms with Crippen molar-refractivity contribution in [1.82, 2.24) is 0 Å². The maximum atomic E-state index is 6.75. The zero-order chi connectivity index (χ0) is 15.0. The molecule has 108 valence electrons. The molecule has 0 fully saturated rings. The van der Waals surface area contributed by atoms with Gasteiger partial charge in [-0.25, -0.2) is 0 Å². The van der Waals surface area contributed by atoms with Gasteiger partial charge in [-0.3, -0.25) is 0 Å². The first-order valence-electron chi connectivity index (χ1n) is 6.16. The van der Waals surface area contributed by atoms with Crippen LogP contribution in [0.25, 0.3) is 9.51 Å². The van der Waals surface area contributed by atoms with Crippen LogP contribution in [-0.4, -0.2) is 15.9 Å². The van der Waals surface area contributed by atoms with Crippen LogP contribution in [0.2, 0.25) is 0 Å². The van der Waals surface area contributed by atoms with E-state index >= 15 is 0 Å². The Balaban J connectivity index is 2.10. The SMILES string of the molecule is Cl/C(=C\C1=C(Br)c2ccccc2[Te]1(Cl)Cl)c1ccccc1. The van der Waals surface area contributed by atoms with Gasteiger partial charge in [-0.1, -0.05) is 0 Å². The first-order valence-corrected chi connectivity index (χ1v) is 15.6. The van der Waals surface area contributed by atoms with Crippen LogP contribution in [0.3, 0.4) is 0 Å². The van der Waals surface area contributed by atoms with Gasteiger partial charge in [0.25, 0.3) is 0 Å². The fourth-order valence-corrected chi connectivity index (χ4v) is 14.2. The van der Waals surface area contributed by atoms with Crippen molar-refractivity contribution >= 4 is 74.5 Å². The minimum absolute atomic E-state index is 0.646. The standard InChI is InChI=1S/C16H10BrCl3Te/c17-16-12-8-4-5-9-14(12)21(19,20)15(16)10-13(18)11-6-2-1-3-7-11/h1-10H/b13-10-. The average molecular weight is 516 g/mol. The number of benzene rings is 2. The number of rotatable bonds is 2. The van der Waals surface area contributed by atoms with E-state index in [1.165, 1.54) is 0 Å². The van der Waals surface area contributed by atoms with Gasteiger partial charge in [0, 0.05) is 0 Å². The third-order valence-electron chi connectivity index (χ3n) is 3.20. The van der Waals surface area contributed by atoms with E-state index in [9.17, 15) is 0 Å². The summed E-state index contributed by atoms with van der Waals surface area (Å²) in [6, 6.07) is 17.8. The summed E-state index contributed by atoms with van der Waals surface area (Å²) in [5.74, 6) is 0. The van der Waals surface area contributed by atoms with Gasteiger partial charge < -0.3 is 0 Å². The van der Waals surface area contributed by atoms with E-state index in [1.54, 1.807) is 0 Å². The summed E-state index contributed by atoms with van der Waals surface area (Å²) >= 11 is 6.75. The van der Waals surface area contributed by atoms with Crippen LogP contribution in [0.4, 0.5) is 0 Å². The molecular weight excluding hydrogens is 506 g/mol. The molecule has 0 radical (unpaired) electrons. The third kappa shape index (κ3) is 2.95. The van der Waals surface area contributed by atoms with Gasteiger partial charge in [0.15, 0.2) is 0 Å². The average Bonchev–Trinajstić information content (AvgIpc) is 2.70. The molecular formula is C16H10BrCl3Te. The summed E-state index contributed by atoms with van der Waals surface area (Å²) in [6.45, 7) is 0. The van der Waals surface area contributed by atoms with Gasteiger partial charge in [-0.05, 0) is 0 Å². The van der Waals surface area contributed by atoms with Gasteiger partial charge in [-0.2, -0.15) is 0 Å². The van der Waals surface area contributed by atoms with Crippen LogP contribution in [0.5, 0.6) is 0 Å². The normalized spacial score (nSPS) is 18.6. The predicted octanol–water partition coefficient (Wildman–Crippen LogP) is 5.75. The number of allylic oxidation sites excluding steroid dienone is 2. The van der Waals surface area contributed by atoms with E-state index < -0.39 is 15.9 Å². The minimum atomic E-state index is -3.33. The molecule has 0 amide bonds. The number of hydrogen-bond acceptors (Lipinski definition) is 0. The summed E-state index contributed by atoms with van der Waals surface area (Å²) in [6.07, 6.45) is 1.90. The molecule has 5 heteroatoms. The zero-order valence-corrected chi connectivity index (χ0v) is 16.9. The molecule has 0 N–H and O–H groups in total. The zero-order valence-electron chi connectivity index (χ0n) is 10.7. The Hall–Kier alpha value is 0.0596. The van der Waals surface area contributed by atoms with E-state index in [0.29, 0.717) is 5.03 Å². The Kier molecular flexibility index (Phi) is 4.77. The molecule has 0 nitrogen and oxygen atoms in total. The summed E-state index contributed by atoms with van der Waals surface area (Å²) in [4.78, 5) is 0. The molecule has 0 bridgehead atoms. The summed E-state index contributed by atoms with van der Waals surface area (Å²) in [7, 11) is 13.5. The summed E-state index contributed by atoms with van der Waals surface area (Å²) in [5.41, 5.74) is 2.03. The fraction of sp³-hybridized carbons (Fsp3) is 0. The van der Waals surface area contributed by atoms with Crippen LogP contribution in [0, 0.1) is 0 Å². The maximum absolute atomic E-state index is 6.75. The molecule has 0 aliphatic carbocycles. The van der Waals surface area contributed by atoms with E-state index in [0.717, 1.165) is 22.8 Å². The van der Waals surface area contributed by atoms with Crippen LogP contribution in [0.1, 0.15) is 11.1 Å². The molecule has 2 aromatic rings. The first kappa shape index (κ1) is 15.9. The Morgan fingerprint density at radius 2 is 1.57 bits per heavy atom. The van der Waals surface area contributed by atoms with Gasteiger partial charge >= 0.3 is 150 Å². The molecule has 0 saturated carbocycles. The summed E-state index contributed by atoms with van der Waals surface area (Å²) in [5, 5.41) is 0.646. The van der Waals surface area contributed by atoms with Crippen molar-refractivity contribution in [2.24, 2.45) is 0 Å². The van der Waals surface area contributed by atoms with Crippen molar-refractivity contribution in [3.8, 4) is 0 Å². The van der Waals surface area contributed by atoms with Crippen molar-refractivity contribution in [2.75, 3.05) is 0 Å². The predicted molar refractivity (Wildman–Crippen MR) is 99.7 cm³/mol. The molecule has 1 aliphatic rings. The second-order valence-corrected chi connectivity index (χ2v) is 18.2.